The maximum Gasteiger partial charge on any atom is 0.258 e. The van der Waals surface area contributed by atoms with Crippen molar-refractivity contribution in [1.82, 2.24) is 4.72 Å². The van der Waals surface area contributed by atoms with E-state index >= 15 is 0 Å². The van der Waals surface area contributed by atoms with Gasteiger partial charge >= 0.3 is 0 Å². The molecule has 0 radical (unpaired) electrons. The van der Waals surface area contributed by atoms with Gasteiger partial charge in [-0.25, -0.2) is 17.5 Å². The summed E-state index contributed by atoms with van der Waals surface area (Å²) >= 11 is 0. The van der Waals surface area contributed by atoms with Crippen LogP contribution in [0.1, 0.15) is 10.4 Å². The number of sulfonamides is 1. The number of hydrogen-bond acceptors (Lipinski definition) is 5. The van der Waals surface area contributed by atoms with Gasteiger partial charge in [-0.1, -0.05) is 12.1 Å². The molecule has 0 heterocycles. The summed E-state index contributed by atoms with van der Waals surface area (Å²) in [6.07, 6.45) is 0. The van der Waals surface area contributed by atoms with Gasteiger partial charge in [-0.3, -0.25) is 4.79 Å². The normalized spacial score (nSPS) is 11.2. The Morgan fingerprint density at radius 2 is 1.88 bits per heavy atom. The van der Waals surface area contributed by atoms with Crippen LogP contribution in [0.25, 0.3) is 0 Å². The number of benzene rings is 2. The molecule has 0 aliphatic carbocycles. The van der Waals surface area contributed by atoms with Crippen LogP contribution in [0.15, 0.2) is 47.4 Å². The monoisotopic (exact) mass is 382 g/mol. The average molecular weight is 382 g/mol. The zero-order valence-electron chi connectivity index (χ0n) is 14.3. The highest BCUT2D eigenvalue weighted by Crippen LogP contribution is 2.28. The molecule has 0 saturated carbocycles. The number of carbonyl (C=O) groups excluding carboxylic acids is 1. The molecular formula is C17H19FN2O5S. The summed E-state index contributed by atoms with van der Waals surface area (Å²) in [6.45, 7) is 0.314. The van der Waals surface area contributed by atoms with Crippen LogP contribution in [0.2, 0.25) is 0 Å². The maximum atomic E-state index is 13.8. The summed E-state index contributed by atoms with van der Waals surface area (Å²) in [7, 11) is -0.969. The Bertz CT molecular complexity index is 886. The molecule has 26 heavy (non-hydrogen) atoms. The Balaban J connectivity index is 2.30. The highest BCUT2D eigenvalue weighted by atomic mass is 32.2. The van der Waals surface area contributed by atoms with Crippen molar-refractivity contribution in [3.05, 3.63) is 53.8 Å². The van der Waals surface area contributed by atoms with Crippen molar-refractivity contribution < 1.29 is 27.1 Å². The minimum atomic E-state index is -3.80. The molecule has 0 aliphatic heterocycles. The summed E-state index contributed by atoms with van der Waals surface area (Å²) < 4.78 is 50.6. The zero-order chi connectivity index (χ0) is 19.2. The van der Waals surface area contributed by atoms with Crippen molar-refractivity contribution in [3.8, 4) is 5.75 Å². The van der Waals surface area contributed by atoms with E-state index in [1.165, 1.54) is 50.6 Å². The van der Waals surface area contributed by atoms with E-state index in [2.05, 4.69) is 10.0 Å². The van der Waals surface area contributed by atoms with E-state index in [0.29, 0.717) is 0 Å². The Morgan fingerprint density at radius 3 is 2.54 bits per heavy atom. The van der Waals surface area contributed by atoms with E-state index in [9.17, 15) is 17.6 Å². The molecule has 2 N–H and O–H groups in total. The number of ether oxygens (including phenoxy) is 2. The van der Waals surface area contributed by atoms with Crippen molar-refractivity contribution in [3.63, 3.8) is 0 Å². The molecule has 0 atom stereocenters. The lowest BCUT2D eigenvalue weighted by Gasteiger charge is -2.13. The Labute approximate surface area is 151 Å². The minimum Gasteiger partial charge on any atom is -0.495 e. The Kier molecular flexibility index (Phi) is 6.67. The van der Waals surface area contributed by atoms with Crippen LogP contribution < -0.4 is 14.8 Å². The van der Waals surface area contributed by atoms with Crippen molar-refractivity contribution in [2.24, 2.45) is 0 Å². The van der Waals surface area contributed by atoms with Gasteiger partial charge in [-0.15, -0.1) is 0 Å². The maximum absolute atomic E-state index is 13.8. The molecule has 0 unspecified atom stereocenters. The Morgan fingerprint density at radius 1 is 1.15 bits per heavy atom. The molecular weight excluding hydrogens is 363 g/mol. The molecule has 2 aromatic carbocycles. The first-order valence-electron chi connectivity index (χ1n) is 7.61. The number of rotatable bonds is 8. The van der Waals surface area contributed by atoms with E-state index < -0.39 is 21.7 Å². The summed E-state index contributed by atoms with van der Waals surface area (Å²) in [4.78, 5) is 12.2. The molecule has 0 fully saturated rings. The summed E-state index contributed by atoms with van der Waals surface area (Å²) in [5, 5.41) is 2.48. The van der Waals surface area contributed by atoms with Crippen LogP contribution in [0, 0.1) is 5.82 Å². The van der Waals surface area contributed by atoms with Crippen LogP contribution in [0.4, 0.5) is 10.1 Å². The third-order valence-electron chi connectivity index (χ3n) is 3.45. The van der Waals surface area contributed by atoms with E-state index in [0.717, 1.165) is 6.07 Å². The lowest BCUT2D eigenvalue weighted by molar-refractivity contribution is 0.102. The van der Waals surface area contributed by atoms with Gasteiger partial charge in [0.1, 0.15) is 11.6 Å². The fraction of sp³-hybridized carbons (Fsp3) is 0.235. The number of nitrogens with one attached hydrogen (secondary N) is 2. The molecule has 0 aliphatic rings. The first-order chi connectivity index (χ1) is 12.4. The topological polar surface area (TPSA) is 93.7 Å². The fourth-order valence-corrected chi connectivity index (χ4v) is 3.19. The molecule has 0 bridgehead atoms. The van der Waals surface area contributed by atoms with Gasteiger partial charge in [0, 0.05) is 13.7 Å². The molecule has 1 amide bonds. The summed E-state index contributed by atoms with van der Waals surface area (Å²) in [5.41, 5.74) is -0.0589. The van der Waals surface area contributed by atoms with Gasteiger partial charge < -0.3 is 14.8 Å². The molecule has 7 nitrogen and oxygen atoms in total. The third-order valence-corrected chi connectivity index (χ3v) is 4.90. The predicted octanol–water partition coefficient (Wildman–Crippen LogP) is 2.01. The SMILES string of the molecule is COCCNS(=O)(=O)c1ccc(OC)c(NC(=O)c2ccccc2F)c1. The third kappa shape index (κ3) is 4.78. The molecule has 0 aromatic heterocycles. The fourth-order valence-electron chi connectivity index (χ4n) is 2.15. The molecule has 0 spiro atoms. The molecule has 2 aromatic rings. The van der Waals surface area contributed by atoms with Crippen molar-refractivity contribution in [1.29, 1.82) is 0 Å². The van der Waals surface area contributed by atoms with Gasteiger partial charge in [0.15, 0.2) is 0 Å². The van der Waals surface area contributed by atoms with E-state index in [-0.39, 0.29) is 35.0 Å². The average Bonchev–Trinajstić information content (AvgIpc) is 2.62. The quantitative estimate of drug-likeness (QED) is 0.681. The molecule has 2 rings (SSSR count). The first-order valence-corrected chi connectivity index (χ1v) is 9.10. The minimum absolute atomic E-state index is 0.0711. The molecule has 0 saturated heterocycles. The number of methoxy groups -OCH3 is 2. The second kappa shape index (κ2) is 8.75. The molecule has 140 valence electrons. The van der Waals surface area contributed by atoms with Gasteiger partial charge in [-0.05, 0) is 30.3 Å². The van der Waals surface area contributed by atoms with Gasteiger partial charge in [0.25, 0.3) is 5.91 Å². The van der Waals surface area contributed by atoms with Gasteiger partial charge in [-0.2, -0.15) is 0 Å². The number of carbonyl (C=O) groups is 1. The van der Waals surface area contributed by atoms with Crippen molar-refractivity contribution >= 4 is 21.6 Å². The first kappa shape index (κ1) is 19.8. The highest BCUT2D eigenvalue weighted by molar-refractivity contribution is 7.89. The van der Waals surface area contributed by atoms with Crippen LogP contribution in [0.5, 0.6) is 5.75 Å². The smallest absolute Gasteiger partial charge is 0.258 e. The van der Waals surface area contributed by atoms with Crippen molar-refractivity contribution in [2.45, 2.75) is 4.90 Å². The highest BCUT2D eigenvalue weighted by Gasteiger charge is 2.18. The van der Waals surface area contributed by atoms with Crippen LogP contribution in [0.3, 0.4) is 0 Å². The Hall–Kier alpha value is -2.49. The van der Waals surface area contributed by atoms with Crippen molar-refractivity contribution in [2.75, 3.05) is 32.7 Å². The van der Waals surface area contributed by atoms with E-state index in [1.54, 1.807) is 0 Å². The van der Waals surface area contributed by atoms with Gasteiger partial charge in [0.2, 0.25) is 10.0 Å². The second-order valence-corrected chi connectivity index (χ2v) is 6.95. The largest absolute Gasteiger partial charge is 0.495 e. The predicted molar refractivity (Wildman–Crippen MR) is 94.4 cm³/mol. The number of halogens is 1. The lowest BCUT2D eigenvalue weighted by Crippen LogP contribution is -2.27. The van der Waals surface area contributed by atoms with Gasteiger partial charge in [0.05, 0.1) is 29.9 Å². The number of anilines is 1. The van der Waals surface area contributed by atoms with Crippen LogP contribution in [-0.2, 0) is 14.8 Å². The second-order valence-electron chi connectivity index (χ2n) is 5.19. The zero-order valence-corrected chi connectivity index (χ0v) is 15.1. The lowest BCUT2D eigenvalue weighted by atomic mass is 10.2. The summed E-state index contributed by atoms with van der Waals surface area (Å²) in [6, 6.07) is 9.46. The van der Waals surface area contributed by atoms with E-state index in [1.807, 2.05) is 0 Å². The number of amides is 1. The summed E-state index contributed by atoms with van der Waals surface area (Å²) in [5.74, 6) is -1.16. The van der Waals surface area contributed by atoms with Crippen LogP contribution >= 0.6 is 0 Å². The molecule has 9 heteroatoms. The standard InChI is InChI=1S/C17H19FN2O5S/c1-24-10-9-19-26(22,23)12-7-8-16(25-2)15(11-12)20-17(21)13-5-3-4-6-14(13)18/h3-8,11,19H,9-10H2,1-2H3,(H,20,21). The van der Waals surface area contributed by atoms with E-state index in [4.69, 9.17) is 9.47 Å². The number of hydrogen-bond donors (Lipinski definition) is 2. The van der Waals surface area contributed by atoms with Crippen LogP contribution in [-0.4, -0.2) is 41.7 Å².